The average Bonchev–Trinajstić information content (AvgIpc) is 2.47. The maximum atomic E-state index is 11.6. The largest absolute Gasteiger partial charge is 0.338 e. The normalized spacial score (nSPS) is 16.2. The summed E-state index contributed by atoms with van der Waals surface area (Å²) in [6, 6.07) is 0. The third-order valence-electron chi connectivity index (χ3n) is 3.47. The number of rotatable bonds is 5. The molecule has 1 saturated heterocycles. The van der Waals surface area contributed by atoms with Gasteiger partial charge in [-0.2, -0.15) is 0 Å². The van der Waals surface area contributed by atoms with Crippen LogP contribution in [-0.2, 0) is 4.79 Å². The molecule has 1 aromatic heterocycles. The molecule has 0 unspecified atom stereocenters. The van der Waals surface area contributed by atoms with E-state index in [-0.39, 0.29) is 5.91 Å². The quantitative estimate of drug-likeness (QED) is 0.880. The molecule has 1 fully saturated rings. The zero-order valence-electron chi connectivity index (χ0n) is 12.3. The number of nitrogens with zero attached hydrogens (tertiary/aromatic N) is 4. The molecule has 0 aromatic carbocycles. The number of carbonyl (C=O) groups is 1. The Morgan fingerprint density at radius 1 is 1.25 bits per heavy atom. The Kier molecular flexibility index (Phi) is 5.29. The van der Waals surface area contributed by atoms with Crippen LogP contribution in [0.25, 0.3) is 0 Å². The van der Waals surface area contributed by atoms with Gasteiger partial charge in [0.1, 0.15) is 0 Å². The van der Waals surface area contributed by atoms with Gasteiger partial charge in [-0.15, -0.1) is 0 Å². The van der Waals surface area contributed by atoms with Crippen molar-refractivity contribution in [2.75, 3.05) is 43.4 Å². The summed E-state index contributed by atoms with van der Waals surface area (Å²) in [4.78, 5) is 24.8. The predicted octanol–water partition coefficient (Wildman–Crippen LogP) is 1.36. The molecule has 0 bridgehead atoms. The van der Waals surface area contributed by atoms with Crippen LogP contribution >= 0.6 is 0 Å². The molecule has 2 heterocycles. The molecule has 0 aliphatic carbocycles. The van der Waals surface area contributed by atoms with Crippen molar-refractivity contribution in [3.05, 3.63) is 12.4 Å². The second kappa shape index (κ2) is 7.19. The van der Waals surface area contributed by atoms with E-state index in [9.17, 15) is 4.79 Å². The van der Waals surface area contributed by atoms with Crippen LogP contribution < -0.4 is 10.2 Å². The molecular formula is C14H23N5O. The minimum absolute atomic E-state index is 0.0304. The number of hydrogen-bond donors (Lipinski definition) is 1. The molecule has 2 rings (SSSR count). The fourth-order valence-electron chi connectivity index (χ4n) is 2.12. The van der Waals surface area contributed by atoms with E-state index in [1.165, 1.54) is 0 Å². The van der Waals surface area contributed by atoms with E-state index in [2.05, 4.69) is 39.1 Å². The van der Waals surface area contributed by atoms with Crippen LogP contribution in [0.5, 0.6) is 0 Å². The van der Waals surface area contributed by atoms with Crippen molar-refractivity contribution in [3.63, 3.8) is 0 Å². The number of aromatic nitrogens is 2. The van der Waals surface area contributed by atoms with Crippen molar-refractivity contribution in [1.29, 1.82) is 0 Å². The van der Waals surface area contributed by atoms with Crippen LogP contribution in [0, 0.1) is 0 Å². The van der Waals surface area contributed by atoms with Gasteiger partial charge in [0.25, 0.3) is 0 Å². The summed E-state index contributed by atoms with van der Waals surface area (Å²) in [6.07, 6.45) is 5.85. The Balaban J connectivity index is 1.88. The van der Waals surface area contributed by atoms with Crippen LogP contribution in [0.15, 0.2) is 12.4 Å². The van der Waals surface area contributed by atoms with Crippen molar-refractivity contribution < 1.29 is 4.79 Å². The Morgan fingerprint density at radius 2 is 1.90 bits per heavy atom. The molecule has 1 amide bonds. The lowest BCUT2D eigenvalue weighted by atomic mass is 10.2. The minimum atomic E-state index is 0.0304. The molecule has 1 N–H and O–H groups in total. The van der Waals surface area contributed by atoms with E-state index in [0.717, 1.165) is 45.0 Å². The van der Waals surface area contributed by atoms with Gasteiger partial charge in [-0.1, -0.05) is 13.3 Å². The van der Waals surface area contributed by atoms with Gasteiger partial charge in [-0.25, -0.2) is 9.97 Å². The highest BCUT2D eigenvalue weighted by atomic mass is 16.1. The summed E-state index contributed by atoms with van der Waals surface area (Å²) < 4.78 is 0. The van der Waals surface area contributed by atoms with Crippen molar-refractivity contribution in [2.24, 2.45) is 0 Å². The Morgan fingerprint density at radius 3 is 2.50 bits per heavy atom. The Bertz CT molecular complexity index is 426. The lowest BCUT2D eigenvalue weighted by Gasteiger charge is -2.32. The van der Waals surface area contributed by atoms with Gasteiger partial charge in [0.05, 0.1) is 18.1 Å². The third kappa shape index (κ3) is 4.16. The molecule has 20 heavy (non-hydrogen) atoms. The average molecular weight is 277 g/mol. The molecule has 1 aliphatic rings. The fourth-order valence-corrected chi connectivity index (χ4v) is 2.12. The van der Waals surface area contributed by atoms with Gasteiger partial charge in [-0.05, 0) is 13.5 Å². The van der Waals surface area contributed by atoms with Crippen molar-refractivity contribution in [3.8, 4) is 0 Å². The molecule has 6 nitrogen and oxygen atoms in total. The van der Waals surface area contributed by atoms with Crippen LogP contribution in [0.4, 0.5) is 11.6 Å². The van der Waals surface area contributed by atoms with Gasteiger partial charge in [0.15, 0.2) is 0 Å². The molecule has 1 aliphatic heterocycles. The van der Waals surface area contributed by atoms with Crippen LogP contribution in [0.3, 0.4) is 0 Å². The van der Waals surface area contributed by atoms with E-state index in [1.807, 2.05) is 0 Å². The summed E-state index contributed by atoms with van der Waals surface area (Å²) in [6.45, 7) is 6.01. The number of amides is 1. The first-order chi connectivity index (χ1) is 9.69. The first-order valence-electron chi connectivity index (χ1n) is 7.24. The van der Waals surface area contributed by atoms with Crippen LogP contribution in [-0.4, -0.2) is 54.0 Å². The van der Waals surface area contributed by atoms with Gasteiger partial charge in [0, 0.05) is 32.6 Å². The van der Waals surface area contributed by atoms with Crippen LogP contribution in [0.2, 0.25) is 0 Å². The van der Waals surface area contributed by atoms with E-state index >= 15 is 0 Å². The molecule has 0 radical (unpaired) electrons. The summed E-state index contributed by atoms with van der Waals surface area (Å²) in [5, 5.41) is 2.82. The molecule has 0 atom stereocenters. The number of hydrogen-bond acceptors (Lipinski definition) is 5. The number of nitrogens with one attached hydrogen (secondary N) is 1. The first kappa shape index (κ1) is 14.7. The highest BCUT2D eigenvalue weighted by Gasteiger charge is 2.16. The standard InChI is InChI=1S/C14H23N5O/c1-3-4-5-13(20)17-12-10-15-14(16-11-12)19-8-6-18(2)7-9-19/h10-11H,3-9H2,1-2H3,(H,17,20). The topological polar surface area (TPSA) is 61.4 Å². The van der Waals surface area contributed by atoms with Crippen molar-refractivity contribution in [1.82, 2.24) is 14.9 Å². The van der Waals surface area contributed by atoms with Crippen molar-refractivity contribution >= 4 is 17.5 Å². The summed E-state index contributed by atoms with van der Waals surface area (Å²) in [7, 11) is 2.12. The number of piperazine rings is 1. The fraction of sp³-hybridized carbons (Fsp3) is 0.643. The maximum Gasteiger partial charge on any atom is 0.225 e. The monoisotopic (exact) mass is 277 g/mol. The highest BCUT2D eigenvalue weighted by molar-refractivity contribution is 5.90. The lowest BCUT2D eigenvalue weighted by molar-refractivity contribution is -0.116. The Hall–Kier alpha value is -1.69. The molecular weight excluding hydrogens is 254 g/mol. The van der Waals surface area contributed by atoms with E-state index in [1.54, 1.807) is 12.4 Å². The van der Waals surface area contributed by atoms with Gasteiger partial charge >= 0.3 is 0 Å². The first-order valence-corrected chi connectivity index (χ1v) is 7.24. The van der Waals surface area contributed by atoms with E-state index in [4.69, 9.17) is 0 Å². The van der Waals surface area contributed by atoms with Gasteiger partial charge in [-0.3, -0.25) is 4.79 Å². The van der Waals surface area contributed by atoms with Crippen LogP contribution in [0.1, 0.15) is 26.2 Å². The van der Waals surface area contributed by atoms with Crippen molar-refractivity contribution in [2.45, 2.75) is 26.2 Å². The SMILES string of the molecule is CCCCC(=O)Nc1cnc(N2CCN(C)CC2)nc1. The smallest absolute Gasteiger partial charge is 0.225 e. The molecule has 6 heteroatoms. The number of likely N-dealkylation sites (N-methyl/N-ethyl adjacent to an activating group) is 1. The second-order valence-corrected chi connectivity index (χ2v) is 5.21. The highest BCUT2D eigenvalue weighted by Crippen LogP contribution is 2.12. The summed E-state index contributed by atoms with van der Waals surface area (Å²) in [5.41, 5.74) is 0.670. The number of carbonyl (C=O) groups excluding carboxylic acids is 1. The summed E-state index contributed by atoms with van der Waals surface area (Å²) in [5.74, 6) is 0.771. The predicted molar refractivity (Wildman–Crippen MR) is 79.9 cm³/mol. The third-order valence-corrected chi connectivity index (χ3v) is 3.47. The Labute approximate surface area is 120 Å². The van der Waals surface area contributed by atoms with Gasteiger partial charge in [0.2, 0.25) is 11.9 Å². The number of unbranched alkanes of at least 4 members (excludes halogenated alkanes) is 1. The minimum Gasteiger partial charge on any atom is -0.338 e. The number of anilines is 2. The zero-order chi connectivity index (χ0) is 14.4. The molecule has 0 spiro atoms. The summed E-state index contributed by atoms with van der Waals surface area (Å²) >= 11 is 0. The van der Waals surface area contributed by atoms with Gasteiger partial charge < -0.3 is 15.1 Å². The zero-order valence-corrected chi connectivity index (χ0v) is 12.3. The van der Waals surface area contributed by atoms with E-state index in [0.29, 0.717) is 12.1 Å². The maximum absolute atomic E-state index is 11.6. The molecule has 1 aromatic rings. The van der Waals surface area contributed by atoms with E-state index < -0.39 is 0 Å². The molecule has 110 valence electrons. The molecule has 0 saturated carbocycles. The lowest BCUT2D eigenvalue weighted by Crippen LogP contribution is -2.45. The second-order valence-electron chi connectivity index (χ2n) is 5.21.